The number of nitrogens with zero attached hydrogens (tertiary/aromatic N) is 1. The molecule has 2 aromatic rings. The van der Waals surface area contributed by atoms with Crippen LogP contribution >= 0.6 is 0 Å². The molecular weight excluding hydrogens is 228 g/mol. The first-order chi connectivity index (χ1) is 8.75. The van der Waals surface area contributed by atoms with Gasteiger partial charge < -0.3 is 4.98 Å². The van der Waals surface area contributed by atoms with Crippen molar-refractivity contribution < 1.29 is 4.92 Å². The van der Waals surface area contributed by atoms with E-state index in [9.17, 15) is 10.1 Å². The van der Waals surface area contributed by atoms with Crippen LogP contribution in [0.4, 0.5) is 0 Å². The van der Waals surface area contributed by atoms with E-state index in [-0.39, 0.29) is 17.4 Å². The zero-order valence-electron chi connectivity index (χ0n) is 10.1. The Labute approximate surface area is 106 Å². The molecule has 0 aliphatic rings. The summed E-state index contributed by atoms with van der Waals surface area (Å²) in [4.78, 5) is 13.5. The molecule has 18 heavy (non-hydrogen) atoms. The van der Waals surface area contributed by atoms with Gasteiger partial charge in [0.15, 0.2) is 0 Å². The minimum Gasteiger partial charge on any atom is -0.365 e. The van der Waals surface area contributed by atoms with E-state index in [4.69, 9.17) is 0 Å². The minimum atomic E-state index is -0.240. The van der Waals surface area contributed by atoms with E-state index >= 15 is 0 Å². The predicted molar refractivity (Wildman–Crippen MR) is 70.2 cm³/mol. The molecule has 1 atom stereocenters. The summed E-state index contributed by atoms with van der Waals surface area (Å²) in [5.41, 5.74) is 2.17. The van der Waals surface area contributed by atoms with Gasteiger partial charge in [0.2, 0.25) is 6.54 Å². The maximum Gasteiger partial charge on any atom is 0.212 e. The third-order valence-electron chi connectivity index (χ3n) is 3.06. The van der Waals surface area contributed by atoms with Gasteiger partial charge in [0, 0.05) is 16.8 Å². The summed E-state index contributed by atoms with van der Waals surface area (Å²) in [6.45, 7) is -0.0205. The van der Waals surface area contributed by atoms with E-state index < -0.39 is 0 Å². The van der Waals surface area contributed by atoms with Gasteiger partial charge >= 0.3 is 0 Å². The Bertz CT molecular complexity index is 480. The van der Waals surface area contributed by atoms with Crippen molar-refractivity contribution >= 4 is 0 Å². The van der Waals surface area contributed by atoms with Crippen molar-refractivity contribution in [3.63, 3.8) is 0 Å². The molecule has 0 aliphatic heterocycles. The van der Waals surface area contributed by atoms with Gasteiger partial charge in [-0.25, -0.2) is 0 Å². The van der Waals surface area contributed by atoms with Crippen molar-refractivity contribution in [3.8, 4) is 0 Å². The first kappa shape index (κ1) is 12.4. The van der Waals surface area contributed by atoms with Crippen molar-refractivity contribution in [3.05, 3.63) is 70.0 Å². The summed E-state index contributed by atoms with van der Waals surface area (Å²) in [5, 5.41) is 10.7. The summed E-state index contributed by atoms with van der Waals surface area (Å²) in [7, 11) is 0. The lowest BCUT2D eigenvalue weighted by molar-refractivity contribution is -0.483. The van der Waals surface area contributed by atoms with Crippen LogP contribution in [0.5, 0.6) is 0 Å². The van der Waals surface area contributed by atoms with Gasteiger partial charge in [-0.05, 0) is 30.5 Å². The molecule has 2 rings (SSSR count). The molecule has 1 N–H and O–H groups in total. The number of hydrogen-bond donors (Lipinski definition) is 1. The van der Waals surface area contributed by atoms with Gasteiger partial charge in [-0.15, -0.1) is 0 Å². The van der Waals surface area contributed by atoms with Gasteiger partial charge in [0.25, 0.3) is 0 Å². The van der Waals surface area contributed by atoms with Crippen LogP contribution in [-0.4, -0.2) is 16.5 Å². The van der Waals surface area contributed by atoms with E-state index in [1.165, 1.54) is 5.56 Å². The Morgan fingerprint density at radius 1 is 1.17 bits per heavy atom. The highest BCUT2D eigenvalue weighted by atomic mass is 16.6. The topological polar surface area (TPSA) is 58.9 Å². The second-order valence-electron chi connectivity index (χ2n) is 4.36. The molecule has 1 heterocycles. The average Bonchev–Trinajstić information content (AvgIpc) is 2.89. The largest absolute Gasteiger partial charge is 0.365 e. The summed E-state index contributed by atoms with van der Waals surface area (Å²) in [6.07, 6.45) is 3.45. The number of H-pyrrole nitrogens is 1. The fourth-order valence-corrected chi connectivity index (χ4v) is 2.11. The third kappa shape index (κ3) is 3.45. The number of aromatic nitrogens is 1. The molecule has 94 valence electrons. The average molecular weight is 244 g/mol. The zero-order chi connectivity index (χ0) is 12.8. The Kier molecular flexibility index (Phi) is 4.12. The number of nitro groups is 1. The maximum absolute atomic E-state index is 10.7. The Morgan fingerprint density at radius 3 is 2.56 bits per heavy atom. The number of rotatable bonds is 6. The molecule has 0 aliphatic carbocycles. The lowest BCUT2D eigenvalue weighted by Crippen LogP contribution is -2.13. The van der Waals surface area contributed by atoms with E-state index in [0.717, 1.165) is 18.5 Å². The second-order valence-corrected chi connectivity index (χ2v) is 4.36. The maximum atomic E-state index is 10.7. The highest BCUT2D eigenvalue weighted by Gasteiger charge is 2.18. The molecule has 0 fully saturated rings. The molecule has 0 radical (unpaired) electrons. The molecule has 1 aromatic carbocycles. The zero-order valence-corrected chi connectivity index (χ0v) is 10.1. The van der Waals surface area contributed by atoms with Crippen molar-refractivity contribution in [2.24, 2.45) is 0 Å². The van der Waals surface area contributed by atoms with E-state index in [1.54, 1.807) is 0 Å². The monoisotopic (exact) mass is 244 g/mol. The lowest BCUT2D eigenvalue weighted by atomic mass is 9.96. The quantitative estimate of drug-likeness (QED) is 0.627. The van der Waals surface area contributed by atoms with Gasteiger partial charge in [-0.3, -0.25) is 10.1 Å². The number of hydrogen-bond acceptors (Lipinski definition) is 2. The van der Waals surface area contributed by atoms with E-state index in [2.05, 4.69) is 17.1 Å². The van der Waals surface area contributed by atoms with Crippen LogP contribution in [0.15, 0.2) is 48.7 Å². The highest BCUT2D eigenvalue weighted by molar-refractivity contribution is 5.16. The van der Waals surface area contributed by atoms with Crippen LogP contribution < -0.4 is 0 Å². The van der Waals surface area contributed by atoms with Crippen LogP contribution in [0.25, 0.3) is 0 Å². The Balaban J connectivity index is 2.00. The first-order valence-electron chi connectivity index (χ1n) is 6.04. The highest BCUT2D eigenvalue weighted by Crippen LogP contribution is 2.20. The SMILES string of the molecule is O=[N+]([O-])C[C@H](CCc1ccccc1)c1ccc[nH]1. The molecule has 0 saturated carbocycles. The fraction of sp³-hybridized carbons (Fsp3) is 0.286. The number of nitrogens with one attached hydrogen (secondary N) is 1. The molecule has 0 unspecified atom stereocenters. The molecule has 4 heteroatoms. The summed E-state index contributed by atoms with van der Waals surface area (Å²) in [5.74, 6) is -0.0461. The predicted octanol–water partition coefficient (Wildman–Crippen LogP) is 3.01. The van der Waals surface area contributed by atoms with Gasteiger partial charge in [0.05, 0.1) is 5.92 Å². The van der Waals surface area contributed by atoms with Crippen LogP contribution in [0.2, 0.25) is 0 Å². The van der Waals surface area contributed by atoms with Crippen molar-refractivity contribution in [1.82, 2.24) is 4.98 Å². The molecule has 4 nitrogen and oxygen atoms in total. The van der Waals surface area contributed by atoms with Crippen LogP contribution in [0, 0.1) is 10.1 Å². The number of benzene rings is 1. The van der Waals surface area contributed by atoms with E-state index in [1.807, 2.05) is 36.5 Å². The van der Waals surface area contributed by atoms with E-state index in [0.29, 0.717) is 0 Å². The van der Waals surface area contributed by atoms with Crippen molar-refractivity contribution in [1.29, 1.82) is 0 Å². The van der Waals surface area contributed by atoms with Crippen molar-refractivity contribution in [2.75, 3.05) is 6.54 Å². The summed E-state index contributed by atoms with van der Waals surface area (Å²) in [6, 6.07) is 13.9. The Hall–Kier alpha value is -2.10. The first-order valence-corrected chi connectivity index (χ1v) is 6.04. The van der Waals surface area contributed by atoms with Crippen LogP contribution in [0.1, 0.15) is 23.6 Å². The molecular formula is C14H16N2O2. The molecule has 0 saturated heterocycles. The smallest absolute Gasteiger partial charge is 0.212 e. The third-order valence-corrected chi connectivity index (χ3v) is 3.06. The lowest BCUT2D eigenvalue weighted by Gasteiger charge is -2.11. The second kappa shape index (κ2) is 6.00. The molecule has 0 bridgehead atoms. The molecule has 1 aromatic heterocycles. The normalized spacial score (nSPS) is 12.2. The minimum absolute atomic E-state index is 0.0205. The molecule has 0 amide bonds. The summed E-state index contributed by atoms with van der Waals surface area (Å²) < 4.78 is 0. The van der Waals surface area contributed by atoms with Gasteiger partial charge in [-0.1, -0.05) is 30.3 Å². The van der Waals surface area contributed by atoms with Crippen molar-refractivity contribution in [2.45, 2.75) is 18.8 Å². The number of aryl methyl sites for hydroxylation is 1. The molecule has 0 spiro atoms. The fourth-order valence-electron chi connectivity index (χ4n) is 2.11. The number of aromatic amines is 1. The Morgan fingerprint density at radius 2 is 1.94 bits per heavy atom. The van der Waals surface area contributed by atoms with Gasteiger partial charge in [-0.2, -0.15) is 0 Å². The van der Waals surface area contributed by atoms with Crippen LogP contribution in [0.3, 0.4) is 0 Å². The van der Waals surface area contributed by atoms with Crippen LogP contribution in [-0.2, 0) is 6.42 Å². The standard InChI is InChI=1S/C14H16N2O2/c17-16(18)11-13(14-7-4-10-15-14)9-8-12-5-2-1-3-6-12/h1-7,10,13,15H,8-9,11H2/t13-/m0/s1. The summed E-state index contributed by atoms with van der Waals surface area (Å²) >= 11 is 0. The van der Waals surface area contributed by atoms with Gasteiger partial charge in [0.1, 0.15) is 0 Å².